The summed E-state index contributed by atoms with van der Waals surface area (Å²) >= 11 is 0. The molecule has 0 aliphatic heterocycles. The van der Waals surface area contributed by atoms with Crippen molar-refractivity contribution in [3.8, 4) is 11.4 Å². The van der Waals surface area contributed by atoms with Gasteiger partial charge < -0.3 is 14.1 Å². The maximum absolute atomic E-state index is 12.1. The van der Waals surface area contributed by atoms with Crippen molar-refractivity contribution in [2.24, 2.45) is 0 Å². The molecule has 0 aliphatic rings. The zero-order valence-electron chi connectivity index (χ0n) is 15.9. The van der Waals surface area contributed by atoms with Crippen molar-refractivity contribution in [1.29, 1.82) is 0 Å². The summed E-state index contributed by atoms with van der Waals surface area (Å²) in [4.78, 5) is 14.2. The van der Waals surface area contributed by atoms with E-state index in [9.17, 15) is 4.79 Å². The molecule has 2 aromatic carbocycles. The number of para-hydroxylation sites is 2. The number of oxazole rings is 1. The van der Waals surface area contributed by atoms with Gasteiger partial charge in [-0.3, -0.25) is 4.57 Å². The first-order chi connectivity index (χ1) is 13.6. The number of fused-ring (bicyclic) bond motifs is 1. The molecule has 0 spiro atoms. The van der Waals surface area contributed by atoms with E-state index >= 15 is 0 Å². The van der Waals surface area contributed by atoms with Gasteiger partial charge in [0.25, 0.3) is 0 Å². The van der Waals surface area contributed by atoms with Gasteiger partial charge in [-0.15, -0.1) is 0 Å². The topological polar surface area (TPSA) is 65.4 Å². The van der Waals surface area contributed by atoms with Crippen molar-refractivity contribution in [3.05, 3.63) is 77.0 Å². The van der Waals surface area contributed by atoms with Gasteiger partial charge in [-0.05, 0) is 31.3 Å². The first-order valence-corrected chi connectivity index (χ1v) is 9.09. The van der Waals surface area contributed by atoms with E-state index in [0.29, 0.717) is 18.7 Å². The lowest BCUT2D eigenvalue weighted by Crippen LogP contribution is -2.26. The summed E-state index contributed by atoms with van der Waals surface area (Å²) in [6.07, 6.45) is 3.86. The van der Waals surface area contributed by atoms with Crippen LogP contribution in [0.1, 0.15) is 5.56 Å². The fourth-order valence-electron chi connectivity index (χ4n) is 3.22. The molecule has 0 aliphatic carbocycles. The monoisotopic (exact) mass is 378 g/mol. The number of aromatic nitrogens is 3. The average molecular weight is 378 g/mol. The minimum absolute atomic E-state index is 0.319. The Hall–Kier alpha value is -3.32. The summed E-state index contributed by atoms with van der Waals surface area (Å²) in [6.45, 7) is 2.01. The molecule has 7 heteroatoms. The Balaban J connectivity index is 1.41. The molecule has 0 unspecified atom stereocenters. The third-order valence-electron chi connectivity index (χ3n) is 4.69. The second-order valence-electron chi connectivity index (χ2n) is 6.72. The lowest BCUT2D eigenvalue weighted by molar-refractivity contribution is 0.307. The number of benzene rings is 2. The fraction of sp³-hybridized carbons (Fsp3) is 0.238. The van der Waals surface area contributed by atoms with Crippen LogP contribution in [0.3, 0.4) is 0 Å². The number of nitrogens with zero attached hydrogens (tertiary/aromatic N) is 4. The van der Waals surface area contributed by atoms with Crippen molar-refractivity contribution >= 4 is 11.1 Å². The van der Waals surface area contributed by atoms with Crippen LogP contribution >= 0.6 is 0 Å². The standard InChI is InChI=1S/C21H22N4O3/c1-23(10-11-24-19-8-3-4-9-20(19)28-21(24)26)14-16-13-22-25(15-16)17-6-5-7-18(12-17)27-2/h3-9,12-13,15H,10-11,14H2,1-2H3. The summed E-state index contributed by atoms with van der Waals surface area (Å²) < 4.78 is 14.1. The molecule has 0 amide bonds. The van der Waals surface area contributed by atoms with Gasteiger partial charge in [-0.1, -0.05) is 18.2 Å². The maximum Gasteiger partial charge on any atom is 0.419 e. The molecule has 0 atom stereocenters. The van der Waals surface area contributed by atoms with E-state index in [4.69, 9.17) is 9.15 Å². The first kappa shape index (κ1) is 18.1. The smallest absolute Gasteiger partial charge is 0.419 e. The molecule has 0 N–H and O–H groups in total. The molecule has 0 radical (unpaired) electrons. The molecule has 4 rings (SSSR count). The largest absolute Gasteiger partial charge is 0.497 e. The summed E-state index contributed by atoms with van der Waals surface area (Å²) in [6, 6.07) is 15.3. The van der Waals surface area contributed by atoms with Crippen LogP contribution in [0.15, 0.2) is 70.1 Å². The lowest BCUT2D eigenvalue weighted by Gasteiger charge is -2.15. The normalized spacial score (nSPS) is 11.4. The highest BCUT2D eigenvalue weighted by Gasteiger charge is 2.10. The van der Waals surface area contributed by atoms with Crippen LogP contribution in [0.5, 0.6) is 5.75 Å². The van der Waals surface area contributed by atoms with Crippen LogP contribution in [0.2, 0.25) is 0 Å². The van der Waals surface area contributed by atoms with E-state index in [-0.39, 0.29) is 5.76 Å². The summed E-state index contributed by atoms with van der Waals surface area (Å²) in [7, 11) is 3.67. The molecular formula is C21H22N4O3. The van der Waals surface area contributed by atoms with Gasteiger partial charge in [-0.25, -0.2) is 9.48 Å². The summed E-state index contributed by atoms with van der Waals surface area (Å²) in [5.74, 6) is 0.477. The molecule has 0 saturated heterocycles. The van der Waals surface area contributed by atoms with E-state index in [2.05, 4.69) is 10.00 Å². The van der Waals surface area contributed by atoms with Crippen molar-refractivity contribution in [2.75, 3.05) is 20.7 Å². The van der Waals surface area contributed by atoms with Gasteiger partial charge in [-0.2, -0.15) is 5.10 Å². The fourth-order valence-corrected chi connectivity index (χ4v) is 3.22. The quantitative estimate of drug-likeness (QED) is 0.495. The predicted molar refractivity (Wildman–Crippen MR) is 107 cm³/mol. The molecule has 4 aromatic rings. The molecule has 0 saturated carbocycles. The van der Waals surface area contributed by atoms with E-state index in [1.807, 2.05) is 72.7 Å². The van der Waals surface area contributed by atoms with E-state index in [1.54, 1.807) is 11.7 Å². The summed E-state index contributed by atoms with van der Waals surface area (Å²) in [5, 5.41) is 4.44. The highest BCUT2D eigenvalue weighted by atomic mass is 16.5. The zero-order valence-corrected chi connectivity index (χ0v) is 15.9. The molecule has 7 nitrogen and oxygen atoms in total. The number of hydrogen-bond acceptors (Lipinski definition) is 5. The second kappa shape index (κ2) is 7.74. The second-order valence-corrected chi connectivity index (χ2v) is 6.72. The first-order valence-electron chi connectivity index (χ1n) is 9.09. The highest BCUT2D eigenvalue weighted by Crippen LogP contribution is 2.17. The van der Waals surface area contributed by atoms with Crippen molar-refractivity contribution < 1.29 is 9.15 Å². The Bertz CT molecular complexity index is 1140. The van der Waals surface area contributed by atoms with Crippen molar-refractivity contribution in [3.63, 3.8) is 0 Å². The summed E-state index contributed by atoms with van der Waals surface area (Å²) in [5.41, 5.74) is 3.49. The Kier molecular flexibility index (Phi) is 4.99. The third-order valence-corrected chi connectivity index (χ3v) is 4.69. The maximum atomic E-state index is 12.1. The predicted octanol–water partition coefficient (Wildman–Crippen LogP) is 2.92. The molecule has 2 aromatic heterocycles. The number of hydrogen-bond donors (Lipinski definition) is 0. The minimum atomic E-state index is -0.319. The third kappa shape index (κ3) is 3.70. The Morgan fingerprint density at radius 1 is 1.18 bits per heavy atom. The van der Waals surface area contributed by atoms with Gasteiger partial charge in [0.2, 0.25) is 0 Å². The molecule has 2 heterocycles. The van der Waals surface area contributed by atoms with E-state index < -0.39 is 0 Å². The van der Waals surface area contributed by atoms with Crippen LogP contribution < -0.4 is 10.5 Å². The molecular weight excluding hydrogens is 356 g/mol. The van der Waals surface area contributed by atoms with Crippen LogP contribution in [-0.4, -0.2) is 39.9 Å². The molecule has 28 heavy (non-hydrogen) atoms. The Morgan fingerprint density at radius 3 is 2.89 bits per heavy atom. The minimum Gasteiger partial charge on any atom is -0.497 e. The zero-order chi connectivity index (χ0) is 19.5. The number of methoxy groups -OCH3 is 1. The molecule has 0 bridgehead atoms. The average Bonchev–Trinajstić information content (AvgIpc) is 3.30. The van der Waals surface area contributed by atoms with Crippen molar-refractivity contribution in [2.45, 2.75) is 13.1 Å². The van der Waals surface area contributed by atoms with Crippen LogP contribution in [0.25, 0.3) is 16.8 Å². The molecule has 0 fully saturated rings. The van der Waals surface area contributed by atoms with Crippen LogP contribution in [0, 0.1) is 0 Å². The number of likely N-dealkylation sites (N-methyl/N-ethyl adjacent to an activating group) is 1. The SMILES string of the molecule is COc1cccc(-n2cc(CN(C)CCn3c(=O)oc4ccccc43)cn2)c1. The van der Waals surface area contributed by atoms with E-state index in [1.165, 1.54) is 0 Å². The van der Waals surface area contributed by atoms with Crippen LogP contribution in [-0.2, 0) is 13.1 Å². The van der Waals surface area contributed by atoms with Gasteiger partial charge in [0.05, 0.1) is 24.5 Å². The van der Waals surface area contributed by atoms with Gasteiger partial charge >= 0.3 is 5.76 Å². The number of rotatable bonds is 7. The van der Waals surface area contributed by atoms with Crippen LogP contribution in [0.4, 0.5) is 0 Å². The highest BCUT2D eigenvalue weighted by molar-refractivity contribution is 5.72. The van der Waals surface area contributed by atoms with Gasteiger partial charge in [0.1, 0.15) is 5.75 Å². The van der Waals surface area contributed by atoms with E-state index in [0.717, 1.165) is 29.1 Å². The Morgan fingerprint density at radius 2 is 2.04 bits per heavy atom. The Labute approximate surface area is 162 Å². The van der Waals surface area contributed by atoms with Gasteiger partial charge in [0.15, 0.2) is 5.58 Å². The van der Waals surface area contributed by atoms with Gasteiger partial charge in [0, 0.05) is 37.5 Å². The molecule has 144 valence electrons. The van der Waals surface area contributed by atoms with Crippen molar-refractivity contribution in [1.82, 2.24) is 19.2 Å². The number of ether oxygens (including phenoxy) is 1. The lowest BCUT2D eigenvalue weighted by atomic mass is 10.3.